The molecule has 5 rings (SSSR count). The van der Waals surface area contributed by atoms with E-state index in [1.54, 1.807) is 0 Å². The highest BCUT2D eigenvalue weighted by atomic mass is 32.2. The second kappa shape index (κ2) is 10.2. The average molecular weight is 487 g/mol. The molecule has 4 aromatic rings. The summed E-state index contributed by atoms with van der Waals surface area (Å²) in [5, 5.41) is 12.1. The second-order valence-corrected chi connectivity index (χ2v) is 10.3. The summed E-state index contributed by atoms with van der Waals surface area (Å²) in [5.74, 6) is 0.978. The molecule has 2 heterocycles. The fourth-order valence-corrected chi connectivity index (χ4v) is 5.62. The van der Waals surface area contributed by atoms with Crippen molar-refractivity contribution in [3.05, 3.63) is 83.2 Å². The zero-order chi connectivity index (χ0) is 24.4. The molecule has 0 radical (unpaired) electrons. The van der Waals surface area contributed by atoms with Crippen molar-refractivity contribution in [3.63, 3.8) is 0 Å². The molecule has 6 nitrogen and oxygen atoms in total. The molecule has 1 atom stereocenters. The lowest BCUT2D eigenvalue weighted by molar-refractivity contribution is -0.134. The maximum atomic E-state index is 13.1. The summed E-state index contributed by atoms with van der Waals surface area (Å²) < 4.78 is 7.54. The van der Waals surface area contributed by atoms with Crippen LogP contribution in [0.4, 0.5) is 0 Å². The van der Waals surface area contributed by atoms with Gasteiger partial charge in [-0.1, -0.05) is 71.9 Å². The quantitative estimate of drug-likeness (QED) is 0.360. The van der Waals surface area contributed by atoms with Crippen LogP contribution in [0, 0.1) is 13.8 Å². The Bertz CT molecular complexity index is 1360. The summed E-state index contributed by atoms with van der Waals surface area (Å²) >= 11 is 1.47. The summed E-state index contributed by atoms with van der Waals surface area (Å²) in [4.78, 5) is 15.0. The molecule has 1 aliphatic heterocycles. The number of amides is 1. The lowest BCUT2D eigenvalue weighted by Crippen LogP contribution is -2.44. The monoisotopic (exact) mass is 486 g/mol. The Morgan fingerprint density at radius 1 is 1.03 bits per heavy atom. The molecule has 0 N–H and O–H groups in total. The molecular weight excluding hydrogens is 456 g/mol. The molecular formula is C28H30N4O2S. The number of carbonyl (C=O) groups is 1. The topological polar surface area (TPSA) is 60.2 Å². The van der Waals surface area contributed by atoms with Crippen LogP contribution >= 0.6 is 11.8 Å². The Hall–Kier alpha value is -3.16. The SMILES string of the molecule is Cc1ccc(-n2c(Cc3cccc4ccccc34)nnc2SC(C)C(=O)N2CCOCC2)c(C)c1. The number of morpholine rings is 1. The summed E-state index contributed by atoms with van der Waals surface area (Å²) in [7, 11) is 0. The van der Waals surface area contributed by atoms with Crippen molar-refractivity contribution in [3.8, 4) is 5.69 Å². The van der Waals surface area contributed by atoms with Crippen LogP contribution in [0.2, 0.25) is 0 Å². The van der Waals surface area contributed by atoms with Crippen LogP contribution in [0.15, 0.2) is 65.8 Å². The van der Waals surface area contributed by atoms with Crippen LogP contribution in [0.3, 0.4) is 0 Å². The molecule has 180 valence electrons. The number of rotatable bonds is 6. The van der Waals surface area contributed by atoms with Crippen molar-refractivity contribution in [1.82, 2.24) is 19.7 Å². The van der Waals surface area contributed by atoms with Crippen molar-refractivity contribution < 1.29 is 9.53 Å². The third kappa shape index (κ3) is 4.97. The number of nitrogens with zero attached hydrogens (tertiary/aromatic N) is 4. The van der Waals surface area contributed by atoms with Crippen LogP contribution in [0.25, 0.3) is 16.5 Å². The molecule has 3 aromatic carbocycles. The normalized spacial score (nSPS) is 14.9. The minimum absolute atomic E-state index is 0.115. The van der Waals surface area contributed by atoms with Crippen LogP contribution < -0.4 is 0 Å². The number of aryl methyl sites for hydroxylation is 2. The van der Waals surface area contributed by atoms with Crippen molar-refractivity contribution in [2.45, 2.75) is 37.6 Å². The van der Waals surface area contributed by atoms with E-state index in [9.17, 15) is 4.79 Å². The Balaban J connectivity index is 1.52. The van der Waals surface area contributed by atoms with Crippen molar-refractivity contribution in [2.75, 3.05) is 26.3 Å². The number of carbonyl (C=O) groups excluding carboxylic acids is 1. The number of benzene rings is 3. The first-order valence-electron chi connectivity index (χ1n) is 12.0. The van der Waals surface area contributed by atoms with Crippen molar-refractivity contribution >= 4 is 28.4 Å². The number of hydrogen-bond donors (Lipinski definition) is 0. The predicted octanol–water partition coefficient (Wildman–Crippen LogP) is 4.97. The molecule has 0 spiro atoms. The fraction of sp³-hybridized carbons (Fsp3) is 0.321. The third-order valence-corrected chi connectivity index (χ3v) is 7.51. The van der Waals surface area contributed by atoms with E-state index in [-0.39, 0.29) is 11.2 Å². The zero-order valence-corrected chi connectivity index (χ0v) is 21.2. The van der Waals surface area contributed by atoms with Gasteiger partial charge in [0.05, 0.1) is 24.2 Å². The Morgan fingerprint density at radius 2 is 1.80 bits per heavy atom. The highest BCUT2D eigenvalue weighted by Gasteiger charge is 2.26. The van der Waals surface area contributed by atoms with Crippen molar-refractivity contribution in [2.24, 2.45) is 0 Å². The van der Waals surface area contributed by atoms with E-state index >= 15 is 0 Å². The van der Waals surface area contributed by atoms with Crippen LogP contribution in [0.5, 0.6) is 0 Å². The van der Waals surface area contributed by atoms with Crippen LogP contribution in [-0.2, 0) is 16.0 Å². The van der Waals surface area contributed by atoms with Crippen LogP contribution in [-0.4, -0.2) is 57.1 Å². The molecule has 1 aromatic heterocycles. The standard InChI is InChI=1S/C28H30N4O2S/c1-19-11-12-25(20(2)17-19)32-26(18-23-9-6-8-22-7-4-5-10-24(22)23)29-30-28(32)35-21(3)27(33)31-13-15-34-16-14-31/h4-12,17,21H,13-16,18H2,1-3H3. The summed E-state index contributed by atoms with van der Waals surface area (Å²) in [6.07, 6.45) is 0.647. The predicted molar refractivity (Wildman–Crippen MR) is 140 cm³/mol. The second-order valence-electron chi connectivity index (χ2n) is 9.04. The van der Waals surface area contributed by atoms with Gasteiger partial charge < -0.3 is 9.64 Å². The maximum Gasteiger partial charge on any atom is 0.236 e. The fourth-order valence-electron chi connectivity index (χ4n) is 4.66. The minimum atomic E-state index is -0.271. The van der Waals surface area contributed by atoms with E-state index in [2.05, 4.69) is 89.3 Å². The summed E-state index contributed by atoms with van der Waals surface area (Å²) in [6.45, 7) is 8.63. The van der Waals surface area contributed by atoms with E-state index < -0.39 is 0 Å². The van der Waals surface area contributed by atoms with Gasteiger partial charge in [-0.3, -0.25) is 9.36 Å². The summed E-state index contributed by atoms with van der Waals surface area (Å²) in [6, 6.07) is 21.2. The molecule has 1 amide bonds. The zero-order valence-electron chi connectivity index (χ0n) is 20.4. The van der Waals surface area contributed by atoms with Gasteiger partial charge in [-0.25, -0.2) is 0 Å². The van der Waals surface area contributed by atoms with Gasteiger partial charge in [-0.15, -0.1) is 10.2 Å². The lowest BCUT2D eigenvalue weighted by atomic mass is 10.0. The van der Waals surface area contributed by atoms with Gasteiger partial charge in [0.25, 0.3) is 0 Å². The van der Waals surface area contributed by atoms with Gasteiger partial charge in [0.2, 0.25) is 5.91 Å². The van der Waals surface area contributed by atoms with Gasteiger partial charge in [0, 0.05) is 19.5 Å². The van der Waals surface area contributed by atoms with E-state index in [1.807, 2.05) is 11.8 Å². The summed E-state index contributed by atoms with van der Waals surface area (Å²) in [5.41, 5.74) is 4.61. The van der Waals surface area contributed by atoms with Crippen molar-refractivity contribution in [1.29, 1.82) is 0 Å². The highest BCUT2D eigenvalue weighted by molar-refractivity contribution is 8.00. The average Bonchev–Trinajstić information content (AvgIpc) is 3.25. The first-order valence-corrected chi connectivity index (χ1v) is 12.9. The van der Waals surface area contributed by atoms with E-state index in [0.29, 0.717) is 32.7 Å². The number of aromatic nitrogens is 3. The van der Waals surface area contributed by atoms with E-state index in [4.69, 9.17) is 4.74 Å². The number of hydrogen-bond acceptors (Lipinski definition) is 5. The molecule has 35 heavy (non-hydrogen) atoms. The number of thioether (sulfide) groups is 1. The first-order chi connectivity index (χ1) is 17.0. The molecule has 7 heteroatoms. The number of fused-ring (bicyclic) bond motifs is 1. The van der Waals surface area contributed by atoms with Gasteiger partial charge >= 0.3 is 0 Å². The highest BCUT2D eigenvalue weighted by Crippen LogP contribution is 2.30. The maximum absolute atomic E-state index is 13.1. The lowest BCUT2D eigenvalue weighted by Gasteiger charge is -2.29. The minimum Gasteiger partial charge on any atom is -0.378 e. The Labute approximate surface area is 210 Å². The largest absolute Gasteiger partial charge is 0.378 e. The van der Waals surface area contributed by atoms with Gasteiger partial charge in [-0.2, -0.15) is 0 Å². The molecule has 1 saturated heterocycles. The molecule has 0 bridgehead atoms. The molecule has 1 fully saturated rings. The Kier molecular flexibility index (Phi) is 6.88. The molecule has 0 saturated carbocycles. The molecule has 0 aliphatic carbocycles. The van der Waals surface area contributed by atoms with E-state index in [1.165, 1.54) is 33.7 Å². The van der Waals surface area contributed by atoms with Gasteiger partial charge in [-0.05, 0) is 48.7 Å². The van der Waals surface area contributed by atoms with Gasteiger partial charge in [0.1, 0.15) is 5.82 Å². The van der Waals surface area contributed by atoms with Gasteiger partial charge in [0.15, 0.2) is 5.16 Å². The molecule has 1 unspecified atom stereocenters. The smallest absolute Gasteiger partial charge is 0.236 e. The molecule has 1 aliphatic rings. The third-order valence-electron chi connectivity index (χ3n) is 6.47. The van der Waals surface area contributed by atoms with E-state index in [0.717, 1.165) is 22.2 Å². The Morgan fingerprint density at radius 3 is 2.60 bits per heavy atom. The number of ether oxygens (including phenoxy) is 1. The van der Waals surface area contributed by atoms with Crippen LogP contribution in [0.1, 0.15) is 29.4 Å². The first kappa shape index (κ1) is 23.6.